The van der Waals surface area contributed by atoms with E-state index < -0.39 is 14.8 Å². The molecule has 0 spiro atoms. The maximum atomic E-state index is 12.4. The van der Waals surface area contributed by atoms with Crippen molar-refractivity contribution in [2.45, 2.75) is 43.8 Å². The maximum Gasteiger partial charge on any atom is 0.222 e. The lowest BCUT2D eigenvalue weighted by molar-refractivity contribution is 0.0978. The first-order valence-electron chi connectivity index (χ1n) is 6.26. The Morgan fingerprint density at radius 3 is 2.26 bits per heavy atom. The first-order chi connectivity index (χ1) is 8.58. The Morgan fingerprint density at radius 1 is 1.26 bits per heavy atom. The van der Waals surface area contributed by atoms with Gasteiger partial charge in [0.05, 0.1) is 0 Å². The van der Waals surface area contributed by atoms with Crippen molar-refractivity contribution >= 4 is 15.8 Å². The van der Waals surface area contributed by atoms with Crippen LogP contribution >= 0.6 is 0 Å². The lowest BCUT2D eigenvalue weighted by Gasteiger charge is -2.20. The van der Waals surface area contributed by atoms with Crippen LogP contribution in [0, 0.1) is 0 Å². The van der Waals surface area contributed by atoms with Crippen LogP contribution < -0.4 is 5.14 Å². The van der Waals surface area contributed by atoms with Gasteiger partial charge in [-0.25, -0.2) is 13.6 Å². The second kappa shape index (κ2) is 4.15. The quantitative estimate of drug-likeness (QED) is 0.861. The number of carbonyl (C=O) groups excluding carboxylic acids is 1. The molecule has 2 N–H and O–H groups in total. The summed E-state index contributed by atoms with van der Waals surface area (Å²) < 4.78 is 21.8. The number of ketones is 1. The Hall–Kier alpha value is -1.20. The first-order valence-corrected chi connectivity index (χ1v) is 7.80. The van der Waals surface area contributed by atoms with Gasteiger partial charge in [-0.05, 0) is 29.9 Å². The number of hydrogen-bond acceptors (Lipinski definition) is 3. The Morgan fingerprint density at radius 2 is 1.84 bits per heavy atom. The van der Waals surface area contributed by atoms with Crippen LogP contribution in [0.3, 0.4) is 0 Å². The zero-order valence-corrected chi connectivity index (χ0v) is 12.3. The van der Waals surface area contributed by atoms with E-state index in [1.54, 1.807) is 18.2 Å². The number of benzene rings is 1. The monoisotopic (exact) mass is 281 g/mol. The summed E-state index contributed by atoms with van der Waals surface area (Å²) in [6.45, 7) is 6.13. The molecular formula is C14H19NO3S. The molecule has 0 radical (unpaired) electrons. The standard InChI is InChI=1S/C14H19NO3S/c1-13(2,3)11-6-4-5-10(9-11)12(16)14(7-8-14)19(15,17)18/h4-6,9H,7-8H2,1-3H3,(H2,15,17,18). The summed E-state index contributed by atoms with van der Waals surface area (Å²) >= 11 is 0. The molecule has 1 aliphatic carbocycles. The van der Waals surface area contributed by atoms with Gasteiger partial charge in [-0.15, -0.1) is 0 Å². The average molecular weight is 281 g/mol. The summed E-state index contributed by atoms with van der Waals surface area (Å²) in [5.74, 6) is -0.374. The van der Waals surface area contributed by atoms with E-state index in [0.717, 1.165) is 5.56 Å². The van der Waals surface area contributed by atoms with Crippen molar-refractivity contribution in [3.8, 4) is 0 Å². The van der Waals surface area contributed by atoms with Gasteiger partial charge in [0, 0.05) is 5.56 Å². The van der Waals surface area contributed by atoms with E-state index in [4.69, 9.17) is 5.14 Å². The van der Waals surface area contributed by atoms with Crippen molar-refractivity contribution in [2.75, 3.05) is 0 Å². The van der Waals surface area contributed by atoms with Gasteiger partial charge in [-0.2, -0.15) is 0 Å². The average Bonchev–Trinajstić information content (AvgIpc) is 3.07. The van der Waals surface area contributed by atoms with Gasteiger partial charge in [0.1, 0.15) is 4.75 Å². The van der Waals surface area contributed by atoms with Gasteiger partial charge in [0.2, 0.25) is 10.0 Å². The second-order valence-electron chi connectivity index (χ2n) is 6.20. The molecule has 4 nitrogen and oxygen atoms in total. The third-order valence-corrected chi connectivity index (χ3v) is 5.34. The van der Waals surface area contributed by atoms with Crippen LogP contribution in [-0.4, -0.2) is 18.9 Å². The lowest BCUT2D eigenvalue weighted by atomic mass is 9.85. The summed E-state index contributed by atoms with van der Waals surface area (Å²) in [5.41, 5.74) is 1.34. The van der Waals surface area contributed by atoms with Crippen molar-refractivity contribution in [3.05, 3.63) is 35.4 Å². The highest BCUT2D eigenvalue weighted by Crippen LogP contribution is 2.45. The molecule has 0 aromatic heterocycles. The third-order valence-electron chi connectivity index (χ3n) is 3.65. The van der Waals surface area contributed by atoms with Crippen molar-refractivity contribution in [2.24, 2.45) is 5.14 Å². The Bertz CT molecular complexity index is 622. The zero-order chi connectivity index (χ0) is 14.5. The molecule has 0 unspecified atom stereocenters. The molecule has 2 rings (SSSR count). The minimum atomic E-state index is -3.84. The fraction of sp³-hybridized carbons (Fsp3) is 0.500. The van der Waals surface area contributed by atoms with E-state index in [-0.39, 0.29) is 11.2 Å². The molecule has 5 heteroatoms. The highest BCUT2D eigenvalue weighted by Gasteiger charge is 2.59. The molecule has 1 aromatic carbocycles. The summed E-state index contributed by atoms with van der Waals surface area (Å²) in [6, 6.07) is 7.15. The fourth-order valence-corrected chi connectivity index (χ4v) is 3.19. The van der Waals surface area contributed by atoms with Crippen molar-refractivity contribution in [1.82, 2.24) is 0 Å². The molecule has 0 heterocycles. The molecule has 19 heavy (non-hydrogen) atoms. The van der Waals surface area contributed by atoms with Gasteiger partial charge in [-0.3, -0.25) is 4.79 Å². The number of primary sulfonamides is 1. The second-order valence-corrected chi connectivity index (χ2v) is 8.07. The van der Waals surface area contributed by atoms with Gasteiger partial charge < -0.3 is 0 Å². The molecule has 1 aliphatic rings. The van der Waals surface area contributed by atoms with Crippen molar-refractivity contribution in [3.63, 3.8) is 0 Å². The number of rotatable bonds is 3. The Balaban J connectivity index is 2.42. The molecule has 0 saturated heterocycles. The molecule has 1 aromatic rings. The summed E-state index contributed by atoms with van der Waals surface area (Å²) in [6.07, 6.45) is 0.648. The van der Waals surface area contributed by atoms with Crippen LogP contribution in [0.4, 0.5) is 0 Å². The zero-order valence-electron chi connectivity index (χ0n) is 11.4. The van der Waals surface area contributed by atoms with Gasteiger partial charge in [0.25, 0.3) is 0 Å². The maximum absolute atomic E-state index is 12.4. The molecule has 104 valence electrons. The van der Waals surface area contributed by atoms with Crippen molar-refractivity contribution in [1.29, 1.82) is 0 Å². The first kappa shape index (κ1) is 14.2. The number of Topliss-reactive ketones (excluding diaryl/α,β-unsaturated/α-hetero) is 1. The van der Waals surface area contributed by atoms with Crippen LogP contribution in [0.5, 0.6) is 0 Å². The number of sulfonamides is 1. The fourth-order valence-electron chi connectivity index (χ4n) is 2.14. The van der Waals surface area contributed by atoms with E-state index >= 15 is 0 Å². The number of carbonyl (C=O) groups is 1. The molecular weight excluding hydrogens is 262 g/mol. The van der Waals surface area contributed by atoms with Crippen LogP contribution in [0.2, 0.25) is 0 Å². The van der Waals surface area contributed by atoms with Crippen molar-refractivity contribution < 1.29 is 13.2 Å². The van der Waals surface area contributed by atoms with E-state index in [1.165, 1.54) is 0 Å². The molecule has 0 bridgehead atoms. The molecule has 1 fully saturated rings. The smallest absolute Gasteiger partial charge is 0.222 e. The highest BCUT2D eigenvalue weighted by atomic mass is 32.2. The number of hydrogen-bond donors (Lipinski definition) is 1. The third kappa shape index (κ3) is 2.44. The SMILES string of the molecule is CC(C)(C)c1cccc(C(=O)C2(S(N)(=O)=O)CC2)c1. The van der Waals surface area contributed by atoms with Crippen LogP contribution in [0.15, 0.2) is 24.3 Å². The molecule has 0 amide bonds. The minimum Gasteiger partial charge on any atom is -0.292 e. The normalized spacial score (nSPS) is 18.1. The molecule has 0 atom stereocenters. The largest absolute Gasteiger partial charge is 0.292 e. The van der Waals surface area contributed by atoms with Gasteiger partial charge in [0.15, 0.2) is 5.78 Å². The predicted octanol–water partition coefficient (Wildman–Crippen LogP) is 1.99. The van der Waals surface area contributed by atoms with Gasteiger partial charge >= 0.3 is 0 Å². The van der Waals surface area contributed by atoms with E-state index in [9.17, 15) is 13.2 Å². The van der Waals surface area contributed by atoms with Crippen LogP contribution in [-0.2, 0) is 15.4 Å². The van der Waals surface area contributed by atoms with E-state index in [1.807, 2.05) is 26.8 Å². The molecule has 0 aliphatic heterocycles. The minimum absolute atomic E-state index is 0.0887. The van der Waals surface area contributed by atoms with Crippen LogP contribution in [0.1, 0.15) is 49.5 Å². The molecule has 1 saturated carbocycles. The Labute approximate surface area is 114 Å². The summed E-state index contributed by atoms with van der Waals surface area (Å²) in [7, 11) is -3.84. The summed E-state index contributed by atoms with van der Waals surface area (Å²) in [4.78, 5) is 12.4. The van der Waals surface area contributed by atoms with E-state index in [0.29, 0.717) is 18.4 Å². The topological polar surface area (TPSA) is 77.2 Å². The van der Waals surface area contributed by atoms with Gasteiger partial charge in [-0.1, -0.05) is 39.0 Å². The number of nitrogens with two attached hydrogens (primary N) is 1. The Kier molecular flexibility index (Phi) is 3.10. The highest BCUT2D eigenvalue weighted by molar-refractivity contribution is 7.91. The predicted molar refractivity (Wildman–Crippen MR) is 74.5 cm³/mol. The van der Waals surface area contributed by atoms with Crippen LogP contribution in [0.25, 0.3) is 0 Å². The van der Waals surface area contributed by atoms with E-state index in [2.05, 4.69) is 0 Å². The lowest BCUT2D eigenvalue weighted by Crippen LogP contribution is -2.38. The summed E-state index contributed by atoms with van der Waals surface area (Å²) in [5, 5.41) is 5.19.